The van der Waals surface area contributed by atoms with Gasteiger partial charge < -0.3 is 18.9 Å². The Morgan fingerprint density at radius 1 is 0.625 bits per heavy atom. The fraction of sp³-hybridized carbons (Fsp3) is 0.500. The molecule has 0 aromatic carbocycles. The molecule has 0 spiro atoms. The third kappa shape index (κ3) is 7.57. The Hall–Kier alpha value is -2.64. The number of carbonyl (C=O) groups is 4. The first-order valence-electron chi connectivity index (χ1n) is 7.06. The maximum atomic E-state index is 11.4. The summed E-state index contributed by atoms with van der Waals surface area (Å²) in [4.78, 5) is 45.3. The summed E-state index contributed by atoms with van der Waals surface area (Å²) >= 11 is 0. The Kier molecular flexibility index (Phi) is 9.07. The Balaban J connectivity index is 5.83. The van der Waals surface area contributed by atoms with E-state index in [0.29, 0.717) is 0 Å². The highest BCUT2D eigenvalue weighted by Gasteiger charge is 2.41. The topological polar surface area (TPSA) is 105 Å². The van der Waals surface area contributed by atoms with E-state index in [1.807, 2.05) is 0 Å². The quantitative estimate of drug-likeness (QED) is 0.348. The van der Waals surface area contributed by atoms with E-state index in [1.54, 1.807) is 0 Å². The van der Waals surface area contributed by atoms with Crippen LogP contribution in [0.2, 0.25) is 0 Å². The molecule has 0 saturated heterocycles. The van der Waals surface area contributed by atoms with Gasteiger partial charge in [0.25, 0.3) is 0 Å². The summed E-state index contributed by atoms with van der Waals surface area (Å²) in [6, 6.07) is 0. The highest BCUT2D eigenvalue weighted by molar-refractivity contribution is 5.69. The fourth-order valence-corrected chi connectivity index (χ4v) is 1.91. The van der Waals surface area contributed by atoms with Gasteiger partial charge in [-0.25, -0.2) is 0 Å². The second-order valence-corrected chi connectivity index (χ2v) is 4.77. The van der Waals surface area contributed by atoms with E-state index in [0.717, 1.165) is 27.7 Å². The molecule has 0 amide bonds. The molecule has 24 heavy (non-hydrogen) atoms. The van der Waals surface area contributed by atoms with E-state index >= 15 is 0 Å². The molecule has 0 fully saturated rings. The third-order valence-corrected chi connectivity index (χ3v) is 2.64. The Morgan fingerprint density at radius 3 is 1.04 bits per heavy atom. The van der Waals surface area contributed by atoms with Gasteiger partial charge >= 0.3 is 23.9 Å². The molecule has 0 rings (SSSR count). The van der Waals surface area contributed by atoms with Crippen molar-refractivity contribution in [3.63, 3.8) is 0 Å². The monoisotopic (exact) mass is 342 g/mol. The summed E-state index contributed by atoms with van der Waals surface area (Å²) in [6.45, 7) is 11.6. The number of esters is 4. The number of hydrogen-bond donors (Lipinski definition) is 0. The molecule has 0 unspecified atom stereocenters. The van der Waals surface area contributed by atoms with Crippen molar-refractivity contribution in [2.24, 2.45) is 0 Å². The number of rotatable bonds is 9. The highest BCUT2D eigenvalue weighted by atomic mass is 16.6. The van der Waals surface area contributed by atoms with E-state index in [4.69, 9.17) is 18.9 Å². The zero-order chi connectivity index (χ0) is 18.9. The molecule has 0 saturated carbocycles. The number of ether oxygens (including phenoxy) is 4. The molecule has 134 valence electrons. The maximum absolute atomic E-state index is 11.4. The van der Waals surface area contributed by atoms with Crippen LogP contribution >= 0.6 is 0 Å². The van der Waals surface area contributed by atoms with Crippen LogP contribution < -0.4 is 0 Å². The first-order valence-corrected chi connectivity index (χ1v) is 7.06. The standard InChI is InChI=1S/C16H22O8/c1-7-13(21-9(3)17)15(23-11(5)19)16(24-12(6)20)14(8-2)22-10(4)18/h7-8,13-16H,1-2H2,3-6H3/t13-,14-,15-,16-/m0/s1. The summed E-state index contributed by atoms with van der Waals surface area (Å²) in [5, 5.41) is 0. The number of hydrogen-bond acceptors (Lipinski definition) is 8. The van der Waals surface area contributed by atoms with E-state index in [1.165, 1.54) is 12.2 Å². The van der Waals surface area contributed by atoms with Crippen molar-refractivity contribution >= 4 is 23.9 Å². The van der Waals surface area contributed by atoms with Gasteiger partial charge in [-0.15, -0.1) is 0 Å². The predicted molar refractivity (Wildman–Crippen MR) is 82.6 cm³/mol. The third-order valence-electron chi connectivity index (χ3n) is 2.64. The molecule has 0 bridgehead atoms. The highest BCUT2D eigenvalue weighted by Crippen LogP contribution is 2.20. The average Bonchev–Trinajstić information content (AvgIpc) is 2.45. The van der Waals surface area contributed by atoms with Gasteiger partial charge in [-0.05, 0) is 12.2 Å². The van der Waals surface area contributed by atoms with E-state index in [-0.39, 0.29) is 0 Å². The minimum absolute atomic E-state index is 0.665. The molecule has 0 aliphatic rings. The lowest BCUT2D eigenvalue weighted by atomic mass is 10.0. The smallest absolute Gasteiger partial charge is 0.303 e. The minimum atomic E-state index is -1.28. The lowest BCUT2D eigenvalue weighted by molar-refractivity contribution is -0.190. The largest absolute Gasteiger partial charge is 0.454 e. The van der Waals surface area contributed by atoms with Crippen molar-refractivity contribution in [1.29, 1.82) is 0 Å². The van der Waals surface area contributed by atoms with Crippen molar-refractivity contribution in [3.05, 3.63) is 25.3 Å². The van der Waals surface area contributed by atoms with Crippen LogP contribution in [0.1, 0.15) is 27.7 Å². The van der Waals surface area contributed by atoms with Crippen LogP contribution in [-0.2, 0) is 38.1 Å². The Labute approximate surface area is 140 Å². The summed E-state index contributed by atoms with van der Waals surface area (Å²) in [5.41, 5.74) is 0. The molecule has 8 heteroatoms. The molecule has 0 aliphatic carbocycles. The normalized spacial score (nSPS) is 15.0. The number of carbonyl (C=O) groups excluding carboxylic acids is 4. The molecule has 0 aromatic heterocycles. The van der Waals surface area contributed by atoms with Gasteiger partial charge in [0.15, 0.2) is 24.4 Å². The van der Waals surface area contributed by atoms with Crippen molar-refractivity contribution in [3.8, 4) is 0 Å². The van der Waals surface area contributed by atoms with Crippen molar-refractivity contribution in [1.82, 2.24) is 0 Å². The van der Waals surface area contributed by atoms with E-state index in [9.17, 15) is 19.2 Å². The minimum Gasteiger partial charge on any atom is -0.454 e. The predicted octanol–water partition coefficient (Wildman–Crippen LogP) is 1.09. The van der Waals surface area contributed by atoms with Gasteiger partial charge in [-0.2, -0.15) is 0 Å². The molecule has 0 aromatic rings. The second kappa shape index (κ2) is 10.2. The SMILES string of the molecule is C=C[C@H](OC(C)=O)[C@H](OC(C)=O)[C@@H](OC(C)=O)[C@H](C=C)OC(C)=O. The van der Waals surface area contributed by atoms with Crippen LogP contribution in [0.15, 0.2) is 25.3 Å². The molecule has 0 aliphatic heterocycles. The maximum Gasteiger partial charge on any atom is 0.303 e. The zero-order valence-corrected chi connectivity index (χ0v) is 14.1. The van der Waals surface area contributed by atoms with E-state index in [2.05, 4.69) is 13.2 Å². The second-order valence-electron chi connectivity index (χ2n) is 4.77. The summed E-state index contributed by atoms with van der Waals surface area (Å²) < 4.78 is 20.3. The van der Waals surface area contributed by atoms with Crippen LogP contribution in [0.4, 0.5) is 0 Å². The fourth-order valence-electron chi connectivity index (χ4n) is 1.91. The molecule has 4 atom stereocenters. The van der Waals surface area contributed by atoms with Gasteiger partial charge in [0.05, 0.1) is 0 Å². The zero-order valence-electron chi connectivity index (χ0n) is 14.1. The first kappa shape index (κ1) is 21.4. The van der Waals surface area contributed by atoms with Crippen molar-refractivity contribution in [2.75, 3.05) is 0 Å². The summed E-state index contributed by atoms with van der Waals surface area (Å²) in [7, 11) is 0. The van der Waals surface area contributed by atoms with E-state index < -0.39 is 48.3 Å². The van der Waals surface area contributed by atoms with Gasteiger partial charge in [-0.1, -0.05) is 13.2 Å². The van der Waals surface area contributed by atoms with Crippen molar-refractivity contribution < 1.29 is 38.1 Å². The summed E-state index contributed by atoms with van der Waals surface area (Å²) in [5.74, 6) is -2.77. The lowest BCUT2D eigenvalue weighted by Crippen LogP contribution is -2.50. The molecule has 8 nitrogen and oxygen atoms in total. The van der Waals surface area contributed by atoms with Gasteiger partial charge in [0.2, 0.25) is 0 Å². The molecule has 0 radical (unpaired) electrons. The van der Waals surface area contributed by atoms with Crippen molar-refractivity contribution in [2.45, 2.75) is 52.1 Å². The van der Waals surface area contributed by atoms with Gasteiger partial charge in [-0.3, -0.25) is 19.2 Å². The average molecular weight is 342 g/mol. The van der Waals surface area contributed by atoms with Crippen LogP contribution in [-0.4, -0.2) is 48.3 Å². The summed E-state index contributed by atoms with van der Waals surface area (Å²) in [6.07, 6.45) is -2.41. The van der Waals surface area contributed by atoms with Crippen LogP contribution in [0, 0.1) is 0 Å². The molecular weight excluding hydrogens is 320 g/mol. The van der Waals surface area contributed by atoms with Gasteiger partial charge in [0, 0.05) is 27.7 Å². The Morgan fingerprint density at radius 2 is 0.875 bits per heavy atom. The molecular formula is C16H22O8. The molecule has 0 N–H and O–H groups in total. The Bertz CT molecular complexity index is 464. The lowest BCUT2D eigenvalue weighted by Gasteiger charge is -2.33. The molecule has 0 heterocycles. The van der Waals surface area contributed by atoms with Crippen LogP contribution in [0.5, 0.6) is 0 Å². The van der Waals surface area contributed by atoms with Crippen LogP contribution in [0.3, 0.4) is 0 Å². The van der Waals surface area contributed by atoms with Gasteiger partial charge in [0.1, 0.15) is 0 Å². The van der Waals surface area contributed by atoms with Crippen LogP contribution in [0.25, 0.3) is 0 Å². The first-order chi connectivity index (χ1) is 11.1.